The minimum atomic E-state index is 0.472. The second-order valence-corrected chi connectivity index (χ2v) is 7.46. The molecule has 5 nitrogen and oxygen atoms in total. The van der Waals surface area contributed by atoms with Crippen LogP contribution in [0.5, 0.6) is 0 Å². The molecule has 1 N–H and O–H groups in total. The van der Waals surface area contributed by atoms with Crippen LogP contribution in [0, 0.1) is 5.92 Å². The molecule has 0 saturated carbocycles. The number of piperidine rings is 3. The van der Waals surface area contributed by atoms with Crippen molar-refractivity contribution in [2.75, 3.05) is 18.4 Å². The van der Waals surface area contributed by atoms with Gasteiger partial charge in [-0.25, -0.2) is 0 Å². The fourth-order valence-corrected chi connectivity index (χ4v) is 4.60. The maximum Gasteiger partial charge on any atom is 0.148 e. The molecule has 26 heavy (non-hydrogen) atoms. The van der Waals surface area contributed by atoms with Gasteiger partial charge in [-0.05, 0) is 63.0 Å². The van der Waals surface area contributed by atoms with Crippen LogP contribution in [-0.2, 0) is 0 Å². The SMILES string of the molecule is C[C@@H]1[C@@H](Nc2ccc(-c3cccc4ncccc34)nn2)C2CCN1CC2. The van der Waals surface area contributed by atoms with Gasteiger partial charge in [0.1, 0.15) is 5.82 Å². The minimum Gasteiger partial charge on any atom is -0.364 e. The van der Waals surface area contributed by atoms with E-state index in [0.717, 1.165) is 33.9 Å². The summed E-state index contributed by atoms with van der Waals surface area (Å²) in [4.78, 5) is 7.01. The van der Waals surface area contributed by atoms with E-state index in [4.69, 9.17) is 0 Å². The molecule has 0 amide bonds. The number of pyridine rings is 1. The summed E-state index contributed by atoms with van der Waals surface area (Å²) in [5.41, 5.74) is 2.94. The zero-order valence-corrected chi connectivity index (χ0v) is 15.0. The Morgan fingerprint density at radius 3 is 2.65 bits per heavy atom. The van der Waals surface area contributed by atoms with Gasteiger partial charge in [0.05, 0.1) is 11.2 Å². The molecule has 2 aromatic heterocycles. The van der Waals surface area contributed by atoms with Crippen LogP contribution in [0.3, 0.4) is 0 Å². The summed E-state index contributed by atoms with van der Waals surface area (Å²) in [7, 11) is 0. The normalized spacial score (nSPS) is 27.6. The number of hydrogen-bond acceptors (Lipinski definition) is 5. The number of aromatic nitrogens is 3. The van der Waals surface area contributed by atoms with Crippen molar-refractivity contribution in [1.82, 2.24) is 20.1 Å². The molecular formula is C21H23N5. The molecule has 0 aliphatic carbocycles. The number of hydrogen-bond donors (Lipinski definition) is 1. The second-order valence-electron chi connectivity index (χ2n) is 7.46. The van der Waals surface area contributed by atoms with Gasteiger partial charge in [0.2, 0.25) is 0 Å². The third-order valence-corrected chi connectivity index (χ3v) is 6.08. The van der Waals surface area contributed by atoms with E-state index in [9.17, 15) is 0 Å². The summed E-state index contributed by atoms with van der Waals surface area (Å²) in [6.45, 7) is 4.81. The molecule has 3 saturated heterocycles. The first kappa shape index (κ1) is 15.7. The monoisotopic (exact) mass is 345 g/mol. The van der Waals surface area contributed by atoms with Crippen LogP contribution in [0.4, 0.5) is 5.82 Å². The summed E-state index contributed by atoms with van der Waals surface area (Å²) in [5, 5.41) is 13.7. The first-order valence-corrected chi connectivity index (χ1v) is 9.48. The topological polar surface area (TPSA) is 53.9 Å². The van der Waals surface area contributed by atoms with Gasteiger partial charge >= 0.3 is 0 Å². The van der Waals surface area contributed by atoms with Crippen molar-refractivity contribution in [2.24, 2.45) is 5.92 Å². The summed E-state index contributed by atoms with van der Waals surface area (Å²) < 4.78 is 0. The first-order chi connectivity index (χ1) is 12.8. The van der Waals surface area contributed by atoms with Crippen LogP contribution in [0.25, 0.3) is 22.2 Å². The lowest BCUT2D eigenvalue weighted by Gasteiger charge is -2.50. The Kier molecular flexibility index (Phi) is 3.82. The first-order valence-electron chi connectivity index (χ1n) is 9.48. The van der Waals surface area contributed by atoms with E-state index in [1.165, 1.54) is 25.9 Å². The zero-order valence-electron chi connectivity index (χ0n) is 15.0. The van der Waals surface area contributed by atoms with E-state index in [1.54, 1.807) is 0 Å². The predicted octanol–water partition coefficient (Wildman–Crippen LogP) is 3.59. The highest BCUT2D eigenvalue weighted by Gasteiger charge is 2.39. The number of nitrogens with one attached hydrogen (secondary N) is 1. The zero-order chi connectivity index (χ0) is 17.5. The van der Waals surface area contributed by atoms with Gasteiger partial charge in [0.25, 0.3) is 0 Å². The van der Waals surface area contributed by atoms with Gasteiger partial charge in [0.15, 0.2) is 0 Å². The van der Waals surface area contributed by atoms with Crippen LogP contribution in [0.15, 0.2) is 48.7 Å². The molecule has 3 aliphatic rings. The average molecular weight is 345 g/mol. The number of benzene rings is 1. The number of rotatable bonds is 3. The maximum atomic E-state index is 4.50. The molecule has 3 aliphatic heterocycles. The quantitative estimate of drug-likeness (QED) is 0.786. The molecular weight excluding hydrogens is 322 g/mol. The maximum absolute atomic E-state index is 4.50. The van der Waals surface area contributed by atoms with E-state index >= 15 is 0 Å². The standard InChI is InChI=1S/C21H23N5/c1-14-21(15-9-12-26(14)13-10-15)23-20-8-7-19(24-25-20)17-4-2-6-18-16(17)5-3-11-22-18/h2-8,11,14-15,21H,9-10,12-13H2,1H3,(H,23,25)/t14-,21-/m1/s1. The van der Waals surface area contributed by atoms with Gasteiger partial charge in [0, 0.05) is 29.2 Å². The molecule has 5 heterocycles. The third-order valence-electron chi connectivity index (χ3n) is 6.08. The second kappa shape index (κ2) is 6.32. The molecule has 1 aromatic carbocycles. The van der Waals surface area contributed by atoms with Gasteiger partial charge in [-0.15, -0.1) is 10.2 Å². The van der Waals surface area contributed by atoms with Crippen LogP contribution < -0.4 is 5.32 Å². The van der Waals surface area contributed by atoms with Crippen molar-refractivity contribution in [2.45, 2.75) is 31.8 Å². The molecule has 3 fully saturated rings. The molecule has 0 unspecified atom stereocenters. The fourth-order valence-electron chi connectivity index (χ4n) is 4.60. The minimum absolute atomic E-state index is 0.472. The van der Waals surface area contributed by atoms with Gasteiger partial charge in [-0.3, -0.25) is 9.88 Å². The summed E-state index contributed by atoms with van der Waals surface area (Å²) in [5.74, 6) is 1.62. The van der Waals surface area contributed by atoms with Crippen LogP contribution in [-0.4, -0.2) is 45.3 Å². The van der Waals surface area contributed by atoms with Crippen LogP contribution in [0.1, 0.15) is 19.8 Å². The lowest BCUT2D eigenvalue weighted by molar-refractivity contribution is 0.0457. The Hall–Kier alpha value is -2.53. The third kappa shape index (κ3) is 2.63. The van der Waals surface area contributed by atoms with Crippen molar-refractivity contribution in [3.05, 3.63) is 48.7 Å². The highest BCUT2D eigenvalue weighted by Crippen LogP contribution is 2.34. The molecule has 132 valence electrons. The predicted molar refractivity (Wildman–Crippen MR) is 104 cm³/mol. The number of anilines is 1. The van der Waals surface area contributed by atoms with Crippen molar-refractivity contribution >= 4 is 16.7 Å². The highest BCUT2D eigenvalue weighted by molar-refractivity contribution is 5.93. The molecule has 5 heteroatoms. The van der Waals surface area contributed by atoms with E-state index < -0.39 is 0 Å². The van der Waals surface area contributed by atoms with Gasteiger partial charge < -0.3 is 5.32 Å². The van der Waals surface area contributed by atoms with Crippen molar-refractivity contribution in [1.29, 1.82) is 0 Å². The number of nitrogens with zero attached hydrogens (tertiary/aromatic N) is 4. The fraction of sp³-hybridized carbons (Fsp3) is 0.381. The molecule has 2 atom stereocenters. The Balaban J connectivity index is 1.41. The molecule has 3 aromatic rings. The molecule has 2 bridgehead atoms. The van der Waals surface area contributed by atoms with E-state index in [-0.39, 0.29) is 0 Å². The largest absolute Gasteiger partial charge is 0.364 e. The number of fused-ring (bicyclic) bond motifs is 4. The molecule has 6 rings (SSSR count). The van der Waals surface area contributed by atoms with E-state index in [0.29, 0.717) is 12.1 Å². The molecule has 0 spiro atoms. The van der Waals surface area contributed by atoms with Crippen molar-refractivity contribution < 1.29 is 0 Å². The summed E-state index contributed by atoms with van der Waals surface area (Å²) in [6, 6.07) is 15.3. The Labute approximate surface area is 153 Å². The molecule has 0 radical (unpaired) electrons. The van der Waals surface area contributed by atoms with Crippen LogP contribution in [0.2, 0.25) is 0 Å². The van der Waals surface area contributed by atoms with Crippen LogP contribution >= 0.6 is 0 Å². The smallest absolute Gasteiger partial charge is 0.148 e. The van der Waals surface area contributed by atoms with E-state index in [1.807, 2.05) is 24.4 Å². The Morgan fingerprint density at radius 2 is 1.88 bits per heavy atom. The summed E-state index contributed by atoms with van der Waals surface area (Å²) in [6.07, 6.45) is 4.40. The lowest BCUT2D eigenvalue weighted by Crippen LogP contribution is -2.59. The van der Waals surface area contributed by atoms with Gasteiger partial charge in [-0.1, -0.05) is 18.2 Å². The average Bonchev–Trinajstić information content (AvgIpc) is 2.71. The Bertz CT molecular complexity index is 908. The van der Waals surface area contributed by atoms with Crippen molar-refractivity contribution in [3.8, 4) is 11.3 Å². The lowest BCUT2D eigenvalue weighted by atomic mass is 9.79. The summed E-state index contributed by atoms with van der Waals surface area (Å²) >= 11 is 0. The highest BCUT2D eigenvalue weighted by atomic mass is 15.2. The van der Waals surface area contributed by atoms with Crippen molar-refractivity contribution in [3.63, 3.8) is 0 Å². The Morgan fingerprint density at radius 1 is 1.00 bits per heavy atom. The van der Waals surface area contributed by atoms with E-state index in [2.05, 4.69) is 56.6 Å². The van der Waals surface area contributed by atoms with Gasteiger partial charge in [-0.2, -0.15) is 0 Å².